The van der Waals surface area contributed by atoms with Crippen LogP contribution < -0.4 is 15.1 Å². The molecule has 20 heavy (non-hydrogen) atoms. The van der Waals surface area contributed by atoms with E-state index in [-0.39, 0.29) is 0 Å². The molecular formula is C14H19N5O. The molecule has 6 heteroatoms. The van der Waals surface area contributed by atoms with Gasteiger partial charge in [-0.2, -0.15) is 0 Å². The number of aromatic nitrogens is 2. The van der Waals surface area contributed by atoms with Crippen LogP contribution in [0.5, 0.6) is 0 Å². The maximum atomic E-state index is 5.63. The van der Waals surface area contributed by atoms with Crippen LogP contribution in [0, 0.1) is 0 Å². The summed E-state index contributed by atoms with van der Waals surface area (Å²) in [6, 6.07) is 11.1. The fourth-order valence-electron chi connectivity index (χ4n) is 2.39. The minimum absolute atomic E-state index is 0.608. The zero-order valence-corrected chi connectivity index (χ0v) is 11.6. The van der Waals surface area contributed by atoms with Gasteiger partial charge in [0.05, 0.1) is 6.54 Å². The van der Waals surface area contributed by atoms with Gasteiger partial charge in [-0.3, -0.25) is 0 Å². The summed E-state index contributed by atoms with van der Waals surface area (Å²) in [5.41, 5.74) is 1.27. The van der Waals surface area contributed by atoms with Gasteiger partial charge < -0.3 is 19.5 Å². The van der Waals surface area contributed by atoms with Gasteiger partial charge in [0.25, 0.3) is 0 Å². The average molecular weight is 273 g/mol. The van der Waals surface area contributed by atoms with Gasteiger partial charge in [0.2, 0.25) is 5.89 Å². The van der Waals surface area contributed by atoms with Crippen molar-refractivity contribution in [2.75, 3.05) is 43.0 Å². The van der Waals surface area contributed by atoms with E-state index >= 15 is 0 Å². The lowest BCUT2D eigenvalue weighted by molar-refractivity contribution is 0.463. The van der Waals surface area contributed by atoms with Crippen LogP contribution in [-0.4, -0.2) is 43.4 Å². The number of para-hydroxylation sites is 1. The lowest BCUT2D eigenvalue weighted by Gasteiger charge is -2.35. The van der Waals surface area contributed by atoms with Crippen molar-refractivity contribution in [2.24, 2.45) is 0 Å². The second-order valence-electron chi connectivity index (χ2n) is 4.82. The van der Waals surface area contributed by atoms with Crippen LogP contribution in [0.4, 0.5) is 11.7 Å². The van der Waals surface area contributed by atoms with Gasteiger partial charge in [-0.25, -0.2) is 0 Å². The summed E-state index contributed by atoms with van der Waals surface area (Å²) >= 11 is 0. The third-order valence-electron chi connectivity index (χ3n) is 3.46. The van der Waals surface area contributed by atoms with Crippen LogP contribution in [-0.2, 0) is 6.54 Å². The Morgan fingerprint density at radius 1 is 1.05 bits per heavy atom. The van der Waals surface area contributed by atoms with Crippen molar-refractivity contribution in [1.29, 1.82) is 0 Å². The lowest BCUT2D eigenvalue weighted by Crippen LogP contribution is -2.46. The first kappa shape index (κ1) is 12.9. The van der Waals surface area contributed by atoms with E-state index in [9.17, 15) is 0 Å². The number of nitrogens with zero attached hydrogens (tertiary/aromatic N) is 4. The standard InChI is InChI=1S/C14H19N5O/c1-15-11-13-16-17-14(20-13)19-9-7-18(8-10-19)12-5-3-2-4-6-12/h2-6,15H,7-11H2,1H3. The zero-order valence-electron chi connectivity index (χ0n) is 11.6. The molecule has 0 amide bonds. The van der Waals surface area contributed by atoms with Crippen molar-refractivity contribution in [3.05, 3.63) is 36.2 Å². The second kappa shape index (κ2) is 5.92. The van der Waals surface area contributed by atoms with E-state index in [2.05, 4.69) is 49.6 Å². The van der Waals surface area contributed by atoms with E-state index in [0.29, 0.717) is 18.5 Å². The van der Waals surface area contributed by atoms with Gasteiger partial charge in [0.15, 0.2) is 0 Å². The van der Waals surface area contributed by atoms with Crippen LogP contribution in [0.25, 0.3) is 0 Å². The molecule has 0 spiro atoms. The molecule has 6 nitrogen and oxygen atoms in total. The molecule has 0 saturated carbocycles. The van der Waals surface area contributed by atoms with Gasteiger partial charge in [0.1, 0.15) is 0 Å². The van der Waals surface area contributed by atoms with Gasteiger partial charge >= 0.3 is 6.01 Å². The van der Waals surface area contributed by atoms with E-state index in [4.69, 9.17) is 4.42 Å². The van der Waals surface area contributed by atoms with E-state index in [1.807, 2.05) is 13.1 Å². The first-order valence-corrected chi connectivity index (χ1v) is 6.89. The molecule has 2 heterocycles. The monoisotopic (exact) mass is 273 g/mol. The number of rotatable bonds is 4. The highest BCUT2D eigenvalue weighted by atomic mass is 16.4. The van der Waals surface area contributed by atoms with Gasteiger partial charge in [-0.15, -0.1) is 5.10 Å². The number of benzene rings is 1. The molecule has 0 radical (unpaired) electrons. The fourth-order valence-corrected chi connectivity index (χ4v) is 2.39. The van der Waals surface area contributed by atoms with Gasteiger partial charge in [-0.05, 0) is 19.2 Å². The SMILES string of the molecule is CNCc1nnc(N2CCN(c3ccccc3)CC2)o1. The number of hydrogen-bond donors (Lipinski definition) is 1. The molecule has 1 aliphatic heterocycles. The number of anilines is 2. The third kappa shape index (κ3) is 2.75. The molecule has 0 unspecified atom stereocenters. The highest BCUT2D eigenvalue weighted by Crippen LogP contribution is 2.19. The predicted molar refractivity (Wildman–Crippen MR) is 77.9 cm³/mol. The van der Waals surface area contributed by atoms with E-state index in [0.717, 1.165) is 26.2 Å². The largest absolute Gasteiger partial charge is 0.407 e. The number of hydrogen-bond acceptors (Lipinski definition) is 6. The molecule has 1 saturated heterocycles. The molecule has 106 valence electrons. The Bertz CT molecular complexity index is 534. The normalized spacial score (nSPS) is 15.7. The van der Waals surface area contributed by atoms with Crippen LogP contribution in [0.15, 0.2) is 34.7 Å². The van der Waals surface area contributed by atoms with E-state index in [1.54, 1.807) is 0 Å². The topological polar surface area (TPSA) is 57.4 Å². The molecule has 1 aliphatic rings. The summed E-state index contributed by atoms with van der Waals surface area (Å²) in [6.07, 6.45) is 0. The van der Waals surface area contributed by atoms with Crippen LogP contribution in [0.1, 0.15) is 5.89 Å². The van der Waals surface area contributed by atoms with Crippen molar-refractivity contribution >= 4 is 11.7 Å². The first-order valence-electron chi connectivity index (χ1n) is 6.89. The molecule has 2 aromatic rings. The highest BCUT2D eigenvalue weighted by Gasteiger charge is 2.21. The maximum absolute atomic E-state index is 5.63. The maximum Gasteiger partial charge on any atom is 0.318 e. The van der Waals surface area contributed by atoms with Crippen LogP contribution in [0.2, 0.25) is 0 Å². The lowest BCUT2D eigenvalue weighted by atomic mass is 10.2. The quantitative estimate of drug-likeness (QED) is 0.901. The molecule has 0 aliphatic carbocycles. The molecular weight excluding hydrogens is 254 g/mol. The van der Waals surface area contributed by atoms with E-state index in [1.165, 1.54) is 5.69 Å². The summed E-state index contributed by atoms with van der Waals surface area (Å²) in [6.45, 7) is 4.34. The first-order chi connectivity index (χ1) is 9.86. The second-order valence-corrected chi connectivity index (χ2v) is 4.82. The third-order valence-corrected chi connectivity index (χ3v) is 3.46. The summed E-state index contributed by atoms with van der Waals surface area (Å²) in [5, 5.41) is 11.1. The minimum atomic E-state index is 0.608. The van der Waals surface area contributed by atoms with Gasteiger partial charge in [-0.1, -0.05) is 23.3 Å². The summed E-state index contributed by atoms with van der Waals surface area (Å²) in [5.74, 6) is 0.632. The van der Waals surface area contributed by atoms with Crippen molar-refractivity contribution in [3.8, 4) is 0 Å². The Morgan fingerprint density at radius 3 is 2.45 bits per heavy atom. The summed E-state index contributed by atoms with van der Waals surface area (Å²) in [4.78, 5) is 4.52. The highest BCUT2D eigenvalue weighted by molar-refractivity contribution is 5.47. The molecule has 0 bridgehead atoms. The van der Waals surface area contributed by atoms with Crippen molar-refractivity contribution < 1.29 is 4.42 Å². The Hall–Kier alpha value is -2.08. The number of piperazine rings is 1. The van der Waals surface area contributed by atoms with Crippen LogP contribution in [0.3, 0.4) is 0 Å². The molecule has 1 fully saturated rings. The Labute approximate surface area is 118 Å². The smallest absolute Gasteiger partial charge is 0.318 e. The summed E-state index contributed by atoms with van der Waals surface area (Å²) < 4.78 is 5.63. The predicted octanol–water partition coefficient (Wildman–Crippen LogP) is 1.12. The Balaban J connectivity index is 1.60. The molecule has 1 N–H and O–H groups in total. The van der Waals surface area contributed by atoms with Crippen molar-refractivity contribution in [1.82, 2.24) is 15.5 Å². The average Bonchev–Trinajstić information content (AvgIpc) is 2.97. The summed E-state index contributed by atoms with van der Waals surface area (Å²) in [7, 11) is 1.86. The fraction of sp³-hybridized carbons (Fsp3) is 0.429. The molecule has 3 rings (SSSR count). The Kier molecular flexibility index (Phi) is 3.83. The molecule has 0 atom stereocenters. The minimum Gasteiger partial charge on any atom is -0.407 e. The van der Waals surface area contributed by atoms with Crippen LogP contribution >= 0.6 is 0 Å². The van der Waals surface area contributed by atoms with Crippen molar-refractivity contribution in [3.63, 3.8) is 0 Å². The zero-order chi connectivity index (χ0) is 13.8. The van der Waals surface area contributed by atoms with Crippen molar-refractivity contribution in [2.45, 2.75) is 6.54 Å². The molecule has 1 aromatic carbocycles. The number of nitrogens with one attached hydrogen (secondary N) is 1. The van der Waals surface area contributed by atoms with E-state index < -0.39 is 0 Å². The Morgan fingerprint density at radius 2 is 1.75 bits per heavy atom. The van der Waals surface area contributed by atoms with Gasteiger partial charge in [0, 0.05) is 31.9 Å². The molecule has 1 aromatic heterocycles.